The largest absolute Gasteiger partial charge is 0.493 e. The topological polar surface area (TPSA) is 71.6 Å². The fraction of sp³-hybridized carbons (Fsp3) is 0.364. The number of aromatic amines is 1. The summed E-state index contributed by atoms with van der Waals surface area (Å²) < 4.78 is 38.2. The van der Waals surface area contributed by atoms with Crippen LogP contribution in [-0.2, 0) is 9.84 Å². The number of fused-ring (bicyclic) bond motifs is 1. The number of hydrogen-bond acceptors (Lipinski definition) is 5. The third-order valence-electron chi connectivity index (χ3n) is 5.23. The van der Waals surface area contributed by atoms with Crippen molar-refractivity contribution in [2.45, 2.75) is 29.6 Å². The fourth-order valence-electron chi connectivity index (χ4n) is 3.80. The van der Waals surface area contributed by atoms with Gasteiger partial charge in [-0.15, -0.1) is 0 Å². The van der Waals surface area contributed by atoms with Crippen LogP contribution in [0.1, 0.15) is 19.8 Å². The quantitative estimate of drug-likeness (QED) is 0.606. The van der Waals surface area contributed by atoms with Crippen molar-refractivity contribution in [2.75, 3.05) is 32.8 Å². The van der Waals surface area contributed by atoms with E-state index in [9.17, 15) is 8.42 Å². The van der Waals surface area contributed by atoms with Crippen molar-refractivity contribution >= 4 is 20.7 Å². The number of H-pyrrole nitrogens is 1. The molecule has 0 atom stereocenters. The summed E-state index contributed by atoms with van der Waals surface area (Å²) in [6.07, 6.45) is 4.03. The zero-order valence-electron chi connectivity index (χ0n) is 16.6. The maximum atomic E-state index is 13.4. The number of rotatable bonds is 8. The summed E-state index contributed by atoms with van der Waals surface area (Å²) in [4.78, 5) is 5.88. The number of sulfone groups is 1. The number of nitrogens with zero attached hydrogens (tertiary/aromatic N) is 1. The Morgan fingerprint density at radius 3 is 2.52 bits per heavy atom. The van der Waals surface area contributed by atoms with Gasteiger partial charge in [0.2, 0.25) is 9.84 Å². The van der Waals surface area contributed by atoms with Crippen molar-refractivity contribution in [3.05, 3.63) is 48.7 Å². The second-order valence-corrected chi connectivity index (χ2v) is 9.00. The van der Waals surface area contributed by atoms with E-state index in [0.717, 1.165) is 19.6 Å². The third-order valence-corrected chi connectivity index (χ3v) is 7.06. The van der Waals surface area contributed by atoms with Crippen LogP contribution >= 0.6 is 0 Å². The van der Waals surface area contributed by atoms with E-state index >= 15 is 0 Å². The Morgan fingerprint density at radius 2 is 1.72 bits per heavy atom. The van der Waals surface area contributed by atoms with Crippen LogP contribution in [-0.4, -0.2) is 51.1 Å². The fourth-order valence-corrected chi connectivity index (χ4v) is 5.36. The summed E-state index contributed by atoms with van der Waals surface area (Å²) in [5.74, 6) is 1.03. The molecule has 2 heterocycles. The Labute approximate surface area is 171 Å². The highest BCUT2D eigenvalue weighted by atomic mass is 32.2. The Balaban J connectivity index is 1.63. The summed E-state index contributed by atoms with van der Waals surface area (Å²) in [6, 6.07) is 12.2. The van der Waals surface area contributed by atoms with E-state index in [4.69, 9.17) is 9.47 Å². The summed E-state index contributed by atoms with van der Waals surface area (Å²) in [5.41, 5.74) is 0.696. The molecule has 0 saturated carbocycles. The van der Waals surface area contributed by atoms with Gasteiger partial charge in [-0.05, 0) is 51.1 Å². The second-order valence-electron chi connectivity index (χ2n) is 7.11. The molecule has 0 aliphatic carbocycles. The molecule has 0 bridgehead atoms. The first-order valence-corrected chi connectivity index (χ1v) is 11.5. The summed E-state index contributed by atoms with van der Waals surface area (Å²) >= 11 is 0. The minimum absolute atomic E-state index is 0.170. The lowest BCUT2D eigenvalue weighted by Crippen LogP contribution is -2.25. The molecule has 7 heteroatoms. The first kappa shape index (κ1) is 19.8. The van der Waals surface area contributed by atoms with Crippen LogP contribution in [0.5, 0.6) is 11.5 Å². The van der Waals surface area contributed by atoms with Crippen molar-refractivity contribution < 1.29 is 17.9 Å². The molecular weight excluding hydrogens is 388 g/mol. The first-order valence-electron chi connectivity index (χ1n) is 10.0. The zero-order valence-corrected chi connectivity index (χ0v) is 17.4. The van der Waals surface area contributed by atoms with Crippen LogP contribution in [0, 0.1) is 0 Å². The molecule has 1 fully saturated rings. The van der Waals surface area contributed by atoms with Crippen LogP contribution in [0.15, 0.2) is 58.5 Å². The van der Waals surface area contributed by atoms with E-state index in [1.54, 1.807) is 30.3 Å². The van der Waals surface area contributed by atoms with Gasteiger partial charge < -0.3 is 14.5 Å². The number of benzene rings is 2. The predicted molar refractivity (Wildman–Crippen MR) is 113 cm³/mol. The number of para-hydroxylation sites is 2. The van der Waals surface area contributed by atoms with Gasteiger partial charge in [0.05, 0.1) is 17.0 Å². The number of ether oxygens (including phenoxy) is 2. The Hall–Kier alpha value is -2.51. The monoisotopic (exact) mass is 414 g/mol. The molecule has 0 spiro atoms. The minimum atomic E-state index is -3.75. The molecule has 1 aliphatic heterocycles. The molecule has 0 amide bonds. The lowest BCUT2D eigenvalue weighted by Gasteiger charge is -2.15. The highest BCUT2D eigenvalue weighted by molar-refractivity contribution is 7.91. The van der Waals surface area contributed by atoms with E-state index in [-0.39, 0.29) is 9.79 Å². The SMILES string of the molecule is CCOc1ccccc1S(=O)(=O)c1c[nH]c2c(OCCN3CCCC3)cccc12. The van der Waals surface area contributed by atoms with Crippen molar-refractivity contribution in [2.24, 2.45) is 0 Å². The molecule has 0 radical (unpaired) electrons. The van der Waals surface area contributed by atoms with Crippen LogP contribution in [0.2, 0.25) is 0 Å². The molecule has 1 saturated heterocycles. The lowest BCUT2D eigenvalue weighted by molar-refractivity contribution is 0.239. The van der Waals surface area contributed by atoms with Gasteiger partial charge in [0.1, 0.15) is 23.0 Å². The maximum absolute atomic E-state index is 13.4. The van der Waals surface area contributed by atoms with E-state index in [1.165, 1.54) is 19.0 Å². The highest BCUT2D eigenvalue weighted by Crippen LogP contribution is 2.35. The highest BCUT2D eigenvalue weighted by Gasteiger charge is 2.26. The molecule has 1 aromatic heterocycles. The van der Waals surface area contributed by atoms with Crippen molar-refractivity contribution in [3.8, 4) is 11.5 Å². The molecule has 6 nitrogen and oxygen atoms in total. The predicted octanol–water partition coefficient (Wildman–Crippen LogP) is 3.87. The van der Waals surface area contributed by atoms with Gasteiger partial charge in [-0.2, -0.15) is 0 Å². The van der Waals surface area contributed by atoms with Crippen molar-refractivity contribution in [1.82, 2.24) is 9.88 Å². The molecular formula is C22H26N2O4S. The van der Waals surface area contributed by atoms with Gasteiger partial charge >= 0.3 is 0 Å². The molecule has 3 aromatic rings. The Bertz CT molecular complexity index is 1090. The van der Waals surface area contributed by atoms with Crippen LogP contribution in [0.25, 0.3) is 10.9 Å². The summed E-state index contributed by atoms with van der Waals surface area (Å²) in [5, 5.41) is 0.620. The standard InChI is InChI=1S/C22H26N2O4S/c1-2-27-18-9-3-4-11-20(18)29(25,26)21-16-23-22-17(21)8-7-10-19(22)28-15-14-24-12-5-6-13-24/h3-4,7-11,16,23H,2,5-6,12-15H2,1H3. The average Bonchev–Trinajstić information content (AvgIpc) is 3.39. The normalized spacial score (nSPS) is 15.1. The smallest absolute Gasteiger partial charge is 0.212 e. The zero-order chi connectivity index (χ0) is 20.3. The molecule has 1 N–H and O–H groups in total. The first-order chi connectivity index (χ1) is 14.1. The number of nitrogens with one attached hydrogen (secondary N) is 1. The molecule has 1 aliphatic rings. The Morgan fingerprint density at radius 1 is 0.966 bits per heavy atom. The second kappa shape index (κ2) is 8.47. The molecule has 154 valence electrons. The number of aromatic nitrogens is 1. The minimum Gasteiger partial charge on any atom is -0.493 e. The lowest BCUT2D eigenvalue weighted by atomic mass is 10.2. The molecule has 4 rings (SSSR count). The van der Waals surface area contributed by atoms with Crippen molar-refractivity contribution in [1.29, 1.82) is 0 Å². The molecule has 2 aromatic carbocycles. The summed E-state index contributed by atoms with van der Waals surface area (Å²) in [7, 11) is -3.75. The van der Waals surface area contributed by atoms with Crippen LogP contribution < -0.4 is 9.47 Å². The van der Waals surface area contributed by atoms with Gasteiger partial charge in [-0.3, -0.25) is 4.90 Å². The van der Waals surface area contributed by atoms with E-state index in [1.807, 2.05) is 19.1 Å². The van der Waals surface area contributed by atoms with Gasteiger partial charge in [0.25, 0.3) is 0 Å². The van der Waals surface area contributed by atoms with Crippen LogP contribution in [0.4, 0.5) is 0 Å². The number of hydrogen-bond donors (Lipinski definition) is 1. The van der Waals surface area contributed by atoms with E-state index < -0.39 is 9.84 Å². The van der Waals surface area contributed by atoms with Gasteiger partial charge in [0, 0.05) is 18.1 Å². The number of likely N-dealkylation sites (tertiary alicyclic amines) is 1. The maximum Gasteiger partial charge on any atom is 0.212 e. The summed E-state index contributed by atoms with van der Waals surface area (Å²) in [6.45, 7) is 5.93. The molecule has 29 heavy (non-hydrogen) atoms. The average molecular weight is 415 g/mol. The molecule has 0 unspecified atom stereocenters. The van der Waals surface area contributed by atoms with Crippen molar-refractivity contribution in [3.63, 3.8) is 0 Å². The van der Waals surface area contributed by atoms with Gasteiger partial charge in [0.15, 0.2) is 0 Å². The Kier molecular flexibility index (Phi) is 5.78. The van der Waals surface area contributed by atoms with E-state index in [2.05, 4.69) is 9.88 Å². The van der Waals surface area contributed by atoms with E-state index in [0.29, 0.717) is 35.6 Å². The van der Waals surface area contributed by atoms with Gasteiger partial charge in [-0.25, -0.2) is 8.42 Å². The third kappa shape index (κ3) is 3.97. The van der Waals surface area contributed by atoms with Crippen LogP contribution in [0.3, 0.4) is 0 Å². The van der Waals surface area contributed by atoms with Gasteiger partial charge in [-0.1, -0.05) is 24.3 Å².